The van der Waals surface area contributed by atoms with Gasteiger partial charge in [-0.3, -0.25) is 0 Å². The molecule has 0 aliphatic heterocycles. The Morgan fingerprint density at radius 1 is 1.24 bits per heavy atom. The molecule has 0 fully saturated rings. The Kier molecular flexibility index (Phi) is 3.79. The summed E-state index contributed by atoms with van der Waals surface area (Å²) in [6, 6.07) is 8.63. The summed E-state index contributed by atoms with van der Waals surface area (Å²) in [4.78, 5) is 4.43. The highest BCUT2D eigenvalue weighted by Gasteiger charge is 2.00. The molecule has 0 saturated carbocycles. The van der Waals surface area contributed by atoms with E-state index in [0.29, 0.717) is 5.92 Å². The number of aryl methyl sites for hydroxylation is 1. The molecule has 0 bridgehead atoms. The Bertz CT molecular complexity index is 471. The van der Waals surface area contributed by atoms with Gasteiger partial charge in [-0.25, -0.2) is 4.98 Å². The third-order valence-corrected chi connectivity index (χ3v) is 3.65. The van der Waals surface area contributed by atoms with Crippen molar-refractivity contribution in [1.82, 2.24) is 4.98 Å². The van der Waals surface area contributed by atoms with Gasteiger partial charge >= 0.3 is 0 Å². The zero-order valence-corrected chi connectivity index (χ0v) is 11.3. The van der Waals surface area contributed by atoms with E-state index in [1.54, 1.807) is 11.3 Å². The summed E-state index contributed by atoms with van der Waals surface area (Å²) in [5.41, 5.74) is 3.63. The minimum atomic E-state index is 0.589. The molecule has 0 radical (unpaired) electrons. The van der Waals surface area contributed by atoms with Crippen LogP contribution in [0.25, 0.3) is 0 Å². The molecule has 0 saturated heterocycles. The van der Waals surface area contributed by atoms with Crippen molar-refractivity contribution in [2.45, 2.75) is 33.2 Å². The molecule has 1 heterocycles. The molecule has 0 amide bonds. The van der Waals surface area contributed by atoms with Gasteiger partial charge < -0.3 is 5.32 Å². The van der Waals surface area contributed by atoms with Gasteiger partial charge in [-0.15, -0.1) is 11.3 Å². The van der Waals surface area contributed by atoms with Crippen LogP contribution in [0.2, 0.25) is 0 Å². The van der Waals surface area contributed by atoms with Gasteiger partial charge in [-0.05, 0) is 30.5 Å². The monoisotopic (exact) mass is 246 g/mol. The van der Waals surface area contributed by atoms with Crippen molar-refractivity contribution < 1.29 is 0 Å². The average molecular weight is 246 g/mol. The molecule has 0 unspecified atom stereocenters. The van der Waals surface area contributed by atoms with Gasteiger partial charge in [0.2, 0.25) is 0 Å². The fourth-order valence-corrected chi connectivity index (χ4v) is 2.36. The molecular formula is C14H18N2S. The number of nitrogens with one attached hydrogen (secondary N) is 1. The number of aromatic nitrogens is 1. The van der Waals surface area contributed by atoms with E-state index < -0.39 is 0 Å². The number of rotatable bonds is 4. The summed E-state index contributed by atoms with van der Waals surface area (Å²) in [6.07, 6.45) is 0. The van der Waals surface area contributed by atoms with E-state index in [4.69, 9.17) is 0 Å². The normalized spacial score (nSPS) is 10.8. The first kappa shape index (κ1) is 12.1. The van der Waals surface area contributed by atoms with Crippen molar-refractivity contribution in [3.8, 4) is 0 Å². The fourth-order valence-electron chi connectivity index (χ4n) is 1.65. The van der Waals surface area contributed by atoms with Crippen molar-refractivity contribution in [2.75, 3.05) is 5.32 Å². The maximum atomic E-state index is 4.43. The molecule has 2 nitrogen and oxygen atoms in total. The van der Waals surface area contributed by atoms with Crippen LogP contribution in [0.5, 0.6) is 0 Å². The van der Waals surface area contributed by atoms with E-state index in [0.717, 1.165) is 22.9 Å². The zero-order chi connectivity index (χ0) is 12.3. The van der Waals surface area contributed by atoms with Crippen molar-refractivity contribution in [2.24, 2.45) is 0 Å². The highest BCUT2D eigenvalue weighted by Crippen LogP contribution is 2.18. The van der Waals surface area contributed by atoms with Gasteiger partial charge in [-0.2, -0.15) is 0 Å². The standard InChI is InChI=1S/C14H18N2S/c1-10(2)12-4-6-13(7-5-12)15-8-14-16-11(3)9-17-14/h4-7,9-10,15H,8H2,1-3H3. The van der Waals surface area contributed by atoms with E-state index in [-0.39, 0.29) is 0 Å². The van der Waals surface area contributed by atoms with Crippen molar-refractivity contribution >= 4 is 17.0 Å². The number of hydrogen-bond acceptors (Lipinski definition) is 3. The topological polar surface area (TPSA) is 24.9 Å². The van der Waals surface area contributed by atoms with Crippen LogP contribution in [0.3, 0.4) is 0 Å². The Balaban J connectivity index is 1.95. The maximum absolute atomic E-state index is 4.43. The second kappa shape index (κ2) is 5.32. The van der Waals surface area contributed by atoms with Gasteiger partial charge in [0.1, 0.15) is 5.01 Å². The molecule has 2 aromatic rings. The number of thiazole rings is 1. The van der Waals surface area contributed by atoms with Crippen LogP contribution in [0.15, 0.2) is 29.6 Å². The van der Waals surface area contributed by atoms with E-state index >= 15 is 0 Å². The van der Waals surface area contributed by atoms with E-state index in [9.17, 15) is 0 Å². The van der Waals surface area contributed by atoms with Crippen molar-refractivity contribution in [1.29, 1.82) is 0 Å². The van der Waals surface area contributed by atoms with Gasteiger partial charge in [0, 0.05) is 16.8 Å². The molecule has 17 heavy (non-hydrogen) atoms. The van der Waals surface area contributed by atoms with Crippen LogP contribution in [0, 0.1) is 6.92 Å². The first-order chi connectivity index (χ1) is 8.15. The number of nitrogens with zero attached hydrogens (tertiary/aromatic N) is 1. The Labute approximate surface area is 107 Å². The van der Waals surface area contributed by atoms with Crippen LogP contribution >= 0.6 is 11.3 Å². The molecule has 1 aromatic carbocycles. The molecule has 0 aliphatic carbocycles. The average Bonchev–Trinajstić information content (AvgIpc) is 2.73. The van der Waals surface area contributed by atoms with E-state index in [2.05, 4.69) is 53.8 Å². The summed E-state index contributed by atoms with van der Waals surface area (Å²) in [5, 5.41) is 6.61. The number of anilines is 1. The smallest absolute Gasteiger partial charge is 0.112 e. The van der Waals surface area contributed by atoms with Crippen molar-refractivity contribution in [3.63, 3.8) is 0 Å². The Morgan fingerprint density at radius 2 is 1.94 bits per heavy atom. The fraction of sp³-hybridized carbons (Fsp3) is 0.357. The van der Waals surface area contributed by atoms with Gasteiger partial charge in [0.25, 0.3) is 0 Å². The van der Waals surface area contributed by atoms with Gasteiger partial charge in [0.15, 0.2) is 0 Å². The maximum Gasteiger partial charge on any atom is 0.112 e. The minimum Gasteiger partial charge on any atom is -0.379 e. The van der Waals surface area contributed by atoms with Crippen LogP contribution in [0.4, 0.5) is 5.69 Å². The molecule has 3 heteroatoms. The largest absolute Gasteiger partial charge is 0.379 e. The number of benzene rings is 1. The summed E-state index contributed by atoms with van der Waals surface area (Å²) in [5.74, 6) is 0.589. The van der Waals surface area contributed by atoms with Crippen LogP contribution in [-0.4, -0.2) is 4.98 Å². The highest BCUT2D eigenvalue weighted by molar-refractivity contribution is 7.09. The summed E-state index contributed by atoms with van der Waals surface area (Å²) >= 11 is 1.70. The molecular weight excluding hydrogens is 228 g/mol. The predicted molar refractivity (Wildman–Crippen MR) is 74.7 cm³/mol. The second-order valence-corrected chi connectivity index (χ2v) is 5.46. The summed E-state index contributed by atoms with van der Waals surface area (Å²) in [6.45, 7) is 7.25. The lowest BCUT2D eigenvalue weighted by Crippen LogP contribution is -1.99. The predicted octanol–water partition coefficient (Wildman–Crippen LogP) is 4.19. The second-order valence-electron chi connectivity index (χ2n) is 4.51. The molecule has 2 rings (SSSR count). The Morgan fingerprint density at radius 3 is 2.47 bits per heavy atom. The zero-order valence-electron chi connectivity index (χ0n) is 10.5. The van der Waals surface area contributed by atoms with Gasteiger partial charge in [-0.1, -0.05) is 26.0 Å². The first-order valence-electron chi connectivity index (χ1n) is 5.90. The third-order valence-electron chi connectivity index (χ3n) is 2.69. The minimum absolute atomic E-state index is 0.589. The molecule has 1 N–H and O–H groups in total. The lowest BCUT2D eigenvalue weighted by molar-refractivity contribution is 0.866. The molecule has 0 atom stereocenters. The molecule has 90 valence electrons. The first-order valence-corrected chi connectivity index (χ1v) is 6.78. The molecule has 0 spiro atoms. The van der Waals surface area contributed by atoms with E-state index in [1.807, 2.05) is 6.92 Å². The summed E-state index contributed by atoms with van der Waals surface area (Å²) < 4.78 is 0. The SMILES string of the molecule is Cc1csc(CNc2ccc(C(C)C)cc2)n1. The molecule has 1 aromatic heterocycles. The lowest BCUT2D eigenvalue weighted by atomic mass is 10.0. The quantitative estimate of drug-likeness (QED) is 0.875. The van der Waals surface area contributed by atoms with Crippen molar-refractivity contribution in [3.05, 3.63) is 45.9 Å². The third kappa shape index (κ3) is 3.30. The lowest BCUT2D eigenvalue weighted by Gasteiger charge is -2.08. The molecule has 0 aliphatic rings. The summed E-state index contributed by atoms with van der Waals surface area (Å²) in [7, 11) is 0. The van der Waals surface area contributed by atoms with Crippen LogP contribution in [0.1, 0.15) is 36.0 Å². The highest BCUT2D eigenvalue weighted by atomic mass is 32.1. The van der Waals surface area contributed by atoms with Gasteiger partial charge in [0.05, 0.1) is 6.54 Å². The number of hydrogen-bond donors (Lipinski definition) is 1. The Hall–Kier alpha value is -1.35. The van der Waals surface area contributed by atoms with Crippen LogP contribution in [-0.2, 0) is 6.54 Å². The van der Waals surface area contributed by atoms with E-state index in [1.165, 1.54) is 5.56 Å². The van der Waals surface area contributed by atoms with Crippen LogP contribution < -0.4 is 5.32 Å².